The summed E-state index contributed by atoms with van der Waals surface area (Å²) in [5, 5.41) is 0.683. The molecule has 0 aliphatic carbocycles. The molecule has 0 spiro atoms. The summed E-state index contributed by atoms with van der Waals surface area (Å²) in [6.07, 6.45) is 0.643. The van der Waals surface area contributed by atoms with E-state index in [2.05, 4.69) is 33.0 Å². The molecule has 0 bridgehead atoms. The van der Waals surface area contributed by atoms with Gasteiger partial charge in [-0.05, 0) is 47.4 Å². The SMILES string of the molecule is CC(=O)N1CCc2cc(Br)cc(S(=O)(=O)N3CCN(C(c4ccccc4)c4ccc(Cl)cc4)CC3)c21. The molecular weight excluding hydrogens is 562 g/mol. The number of sulfonamides is 1. The number of carbonyl (C=O) groups excluding carboxylic acids is 1. The summed E-state index contributed by atoms with van der Waals surface area (Å²) < 4.78 is 30.0. The third kappa shape index (κ3) is 4.85. The van der Waals surface area contributed by atoms with Crippen LogP contribution in [-0.2, 0) is 21.2 Å². The van der Waals surface area contributed by atoms with Crippen molar-refractivity contribution in [3.63, 3.8) is 0 Å². The van der Waals surface area contributed by atoms with Crippen molar-refractivity contribution in [2.45, 2.75) is 24.3 Å². The Morgan fingerprint density at radius 3 is 2.19 bits per heavy atom. The number of halogens is 2. The van der Waals surface area contributed by atoms with Crippen LogP contribution in [0.25, 0.3) is 0 Å². The molecule has 1 amide bonds. The molecule has 9 heteroatoms. The normalized spacial score (nSPS) is 17.7. The van der Waals surface area contributed by atoms with E-state index in [1.807, 2.05) is 48.5 Å². The molecule has 36 heavy (non-hydrogen) atoms. The van der Waals surface area contributed by atoms with Gasteiger partial charge in [0.1, 0.15) is 4.90 Å². The van der Waals surface area contributed by atoms with Gasteiger partial charge in [-0.25, -0.2) is 8.42 Å². The van der Waals surface area contributed by atoms with Crippen LogP contribution < -0.4 is 4.90 Å². The van der Waals surface area contributed by atoms with Crippen molar-refractivity contribution in [3.05, 3.63) is 92.9 Å². The highest BCUT2D eigenvalue weighted by atomic mass is 79.9. The summed E-state index contributed by atoms with van der Waals surface area (Å²) >= 11 is 9.61. The molecule has 3 aromatic carbocycles. The van der Waals surface area contributed by atoms with Crippen LogP contribution in [0.2, 0.25) is 5.02 Å². The van der Waals surface area contributed by atoms with E-state index in [-0.39, 0.29) is 16.8 Å². The van der Waals surface area contributed by atoms with Crippen molar-refractivity contribution < 1.29 is 13.2 Å². The Kier molecular flexibility index (Phi) is 7.25. The lowest BCUT2D eigenvalue weighted by Crippen LogP contribution is -2.50. The van der Waals surface area contributed by atoms with Gasteiger partial charge < -0.3 is 4.90 Å². The average Bonchev–Trinajstić information content (AvgIpc) is 3.30. The van der Waals surface area contributed by atoms with E-state index in [1.165, 1.54) is 6.92 Å². The third-order valence-corrected chi connectivity index (χ3v) is 9.55. The monoisotopic (exact) mass is 587 g/mol. The first-order valence-electron chi connectivity index (χ1n) is 11.9. The van der Waals surface area contributed by atoms with Gasteiger partial charge in [0.25, 0.3) is 0 Å². The number of hydrogen-bond acceptors (Lipinski definition) is 4. The van der Waals surface area contributed by atoms with Gasteiger partial charge in [0.05, 0.1) is 11.7 Å². The number of fused-ring (bicyclic) bond motifs is 1. The molecule has 1 unspecified atom stereocenters. The van der Waals surface area contributed by atoms with Crippen LogP contribution in [-0.4, -0.2) is 56.3 Å². The minimum absolute atomic E-state index is 0.00311. The maximum atomic E-state index is 13.9. The number of piperazine rings is 1. The molecular formula is C27H27BrClN3O3S. The maximum absolute atomic E-state index is 13.9. The van der Waals surface area contributed by atoms with Crippen molar-refractivity contribution >= 4 is 49.1 Å². The van der Waals surface area contributed by atoms with Crippen LogP contribution in [0, 0.1) is 0 Å². The molecule has 2 aliphatic heterocycles. The minimum atomic E-state index is -3.79. The fourth-order valence-electron chi connectivity index (χ4n) is 5.22. The maximum Gasteiger partial charge on any atom is 0.245 e. The molecule has 5 rings (SSSR count). The summed E-state index contributed by atoms with van der Waals surface area (Å²) in [6, 6.07) is 21.6. The first-order valence-corrected chi connectivity index (χ1v) is 14.5. The van der Waals surface area contributed by atoms with Gasteiger partial charge >= 0.3 is 0 Å². The predicted octanol–water partition coefficient (Wildman–Crippen LogP) is 5.11. The van der Waals surface area contributed by atoms with Crippen LogP contribution in [0.5, 0.6) is 0 Å². The zero-order chi connectivity index (χ0) is 25.4. The third-order valence-electron chi connectivity index (χ3n) is 6.93. The number of rotatable bonds is 5. The van der Waals surface area contributed by atoms with Crippen molar-refractivity contribution in [3.8, 4) is 0 Å². The first-order chi connectivity index (χ1) is 17.3. The van der Waals surface area contributed by atoms with Gasteiger partial charge in [-0.3, -0.25) is 9.69 Å². The Balaban J connectivity index is 1.42. The van der Waals surface area contributed by atoms with Crippen molar-refractivity contribution in [2.24, 2.45) is 0 Å². The molecule has 188 valence electrons. The van der Waals surface area contributed by atoms with Gasteiger partial charge in [-0.1, -0.05) is 70.0 Å². The Morgan fingerprint density at radius 1 is 0.917 bits per heavy atom. The predicted molar refractivity (Wildman–Crippen MR) is 146 cm³/mol. The van der Waals surface area contributed by atoms with Crippen LogP contribution >= 0.6 is 27.5 Å². The molecule has 2 aliphatic rings. The Labute approximate surface area is 225 Å². The smallest absolute Gasteiger partial charge is 0.245 e. The Bertz CT molecular complexity index is 1380. The molecule has 6 nitrogen and oxygen atoms in total. The molecule has 2 heterocycles. The van der Waals surface area contributed by atoms with E-state index in [9.17, 15) is 13.2 Å². The van der Waals surface area contributed by atoms with Gasteiger partial charge in [-0.2, -0.15) is 4.31 Å². The molecule has 3 aromatic rings. The number of carbonyl (C=O) groups is 1. The largest absolute Gasteiger partial charge is 0.311 e. The minimum Gasteiger partial charge on any atom is -0.311 e. The van der Waals surface area contributed by atoms with Gasteiger partial charge in [-0.15, -0.1) is 0 Å². The van der Waals surface area contributed by atoms with E-state index in [0.717, 1.165) is 16.7 Å². The topological polar surface area (TPSA) is 60.9 Å². The van der Waals surface area contributed by atoms with Crippen molar-refractivity contribution in [2.75, 3.05) is 37.6 Å². The molecule has 0 saturated carbocycles. The number of nitrogens with zero attached hydrogens (tertiary/aromatic N) is 3. The summed E-state index contributed by atoms with van der Waals surface area (Å²) in [5.74, 6) is -0.147. The second-order valence-electron chi connectivity index (χ2n) is 9.14. The number of amides is 1. The van der Waals surface area contributed by atoms with Crippen molar-refractivity contribution in [1.29, 1.82) is 0 Å². The average molecular weight is 589 g/mol. The van der Waals surface area contributed by atoms with E-state index in [1.54, 1.807) is 15.3 Å². The highest BCUT2D eigenvalue weighted by molar-refractivity contribution is 9.10. The lowest BCUT2D eigenvalue weighted by molar-refractivity contribution is -0.116. The fourth-order valence-corrected chi connectivity index (χ4v) is 7.68. The molecule has 0 radical (unpaired) electrons. The van der Waals surface area contributed by atoms with E-state index in [4.69, 9.17) is 11.6 Å². The summed E-state index contributed by atoms with van der Waals surface area (Å²) in [6.45, 7) is 3.85. The summed E-state index contributed by atoms with van der Waals surface area (Å²) in [5.41, 5.74) is 3.67. The van der Waals surface area contributed by atoms with E-state index < -0.39 is 10.0 Å². The molecule has 1 fully saturated rings. The van der Waals surface area contributed by atoms with E-state index >= 15 is 0 Å². The Morgan fingerprint density at radius 2 is 1.56 bits per heavy atom. The second kappa shape index (κ2) is 10.3. The molecule has 0 aromatic heterocycles. The van der Waals surface area contributed by atoms with Crippen LogP contribution in [0.3, 0.4) is 0 Å². The molecule has 0 N–H and O–H groups in total. The Hall–Kier alpha value is -2.23. The van der Waals surface area contributed by atoms with Gasteiger partial charge in [0.15, 0.2) is 0 Å². The number of hydrogen-bond donors (Lipinski definition) is 0. The van der Waals surface area contributed by atoms with Crippen LogP contribution in [0.15, 0.2) is 76.1 Å². The second-order valence-corrected chi connectivity index (χ2v) is 12.4. The van der Waals surface area contributed by atoms with Crippen LogP contribution in [0.4, 0.5) is 5.69 Å². The quantitative estimate of drug-likeness (QED) is 0.416. The highest BCUT2D eigenvalue weighted by Crippen LogP contribution is 2.39. The zero-order valence-electron chi connectivity index (χ0n) is 19.9. The van der Waals surface area contributed by atoms with E-state index in [0.29, 0.717) is 54.3 Å². The van der Waals surface area contributed by atoms with Crippen LogP contribution in [0.1, 0.15) is 29.7 Å². The zero-order valence-corrected chi connectivity index (χ0v) is 23.1. The highest BCUT2D eigenvalue weighted by Gasteiger charge is 2.37. The first kappa shape index (κ1) is 25.4. The summed E-state index contributed by atoms with van der Waals surface area (Å²) in [7, 11) is -3.79. The van der Waals surface area contributed by atoms with Gasteiger partial charge in [0, 0.05) is 49.1 Å². The number of benzene rings is 3. The van der Waals surface area contributed by atoms with Crippen molar-refractivity contribution in [1.82, 2.24) is 9.21 Å². The lowest BCUT2D eigenvalue weighted by Gasteiger charge is -2.39. The summed E-state index contributed by atoms with van der Waals surface area (Å²) in [4.78, 5) is 16.3. The van der Waals surface area contributed by atoms with Gasteiger partial charge in [0.2, 0.25) is 15.9 Å². The fraction of sp³-hybridized carbons (Fsp3) is 0.296. The molecule has 1 atom stereocenters. The molecule has 1 saturated heterocycles. The standard InChI is InChI=1S/C27H27BrClN3O3S/c1-19(33)32-12-11-22-17-23(28)18-25(27(22)32)36(34,35)31-15-13-30(14-16-31)26(20-5-3-2-4-6-20)21-7-9-24(29)10-8-21/h2-10,17-18,26H,11-16H2,1H3. The lowest BCUT2D eigenvalue weighted by atomic mass is 9.96. The number of anilines is 1.